The van der Waals surface area contributed by atoms with Crippen molar-refractivity contribution in [1.29, 1.82) is 0 Å². The first-order chi connectivity index (χ1) is 15.4. The molecule has 2 N–H and O–H groups in total. The maximum Gasteiger partial charge on any atom is 0.261 e. The van der Waals surface area contributed by atoms with Gasteiger partial charge in [0.05, 0.1) is 5.69 Å². The third kappa shape index (κ3) is 6.47. The fraction of sp³-hybridized carbons (Fsp3) is 0.292. The Kier molecular flexibility index (Phi) is 8.96. The quantitative estimate of drug-likeness (QED) is 0.348. The Morgan fingerprint density at radius 1 is 1.09 bits per heavy atom. The van der Waals surface area contributed by atoms with Crippen molar-refractivity contribution in [3.05, 3.63) is 76.1 Å². The maximum atomic E-state index is 13.3. The zero-order valence-corrected chi connectivity index (χ0v) is 20.6. The number of amides is 1. The molecule has 2 aromatic carbocycles. The number of rotatable bonds is 5. The lowest BCUT2D eigenvalue weighted by Gasteiger charge is -2.36. The third-order valence-electron chi connectivity index (χ3n) is 5.06. The molecular formula is C24H28Cl2N4OS. The van der Waals surface area contributed by atoms with E-state index in [-0.39, 0.29) is 11.9 Å². The number of piperazine rings is 1. The summed E-state index contributed by atoms with van der Waals surface area (Å²) in [5.41, 5.74) is 6.45. The summed E-state index contributed by atoms with van der Waals surface area (Å²) in [6.45, 7) is 8.80. The minimum atomic E-state index is -0.358. The number of carbonyl (C=O) groups excluding carboxylic acids is 1. The molecule has 0 aliphatic carbocycles. The number of hydrogen-bond donors (Lipinski definition) is 2. The molecule has 4 rings (SSSR count). The molecule has 1 aliphatic rings. The monoisotopic (exact) mass is 490 g/mol. The van der Waals surface area contributed by atoms with Crippen LogP contribution < -0.4 is 10.9 Å². The summed E-state index contributed by atoms with van der Waals surface area (Å²) in [7, 11) is 2.11. The number of thiophene rings is 1. The fourth-order valence-corrected chi connectivity index (χ4v) is 5.25. The van der Waals surface area contributed by atoms with Gasteiger partial charge in [0.25, 0.3) is 5.91 Å². The second-order valence-corrected chi connectivity index (χ2v) is 9.60. The zero-order valence-electron chi connectivity index (χ0n) is 18.3. The molecule has 0 radical (unpaired) electrons. The Hall–Kier alpha value is -2.09. The van der Waals surface area contributed by atoms with E-state index in [4.69, 9.17) is 23.2 Å². The van der Waals surface area contributed by atoms with Crippen molar-refractivity contribution in [3.8, 4) is 0 Å². The molecule has 1 atom stereocenters. The summed E-state index contributed by atoms with van der Waals surface area (Å²) >= 11 is 13.8. The molecule has 8 heteroatoms. The first-order valence-corrected chi connectivity index (χ1v) is 12.0. The van der Waals surface area contributed by atoms with Gasteiger partial charge in [-0.1, -0.05) is 47.5 Å². The summed E-state index contributed by atoms with van der Waals surface area (Å²) in [6.07, 6.45) is 1.75. The molecule has 1 unspecified atom stereocenters. The van der Waals surface area contributed by atoms with Crippen LogP contribution in [0.2, 0.25) is 10.0 Å². The Morgan fingerprint density at radius 3 is 2.34 bits per heavy atom. The van der Waals surface area contributed by atoms with Gasteiger partial charge >= 0.3 is 0 Å². The first-order valence-electron chi connectivity index (χ1n) is 10.4. The molecule has 170 valence electrons. The van der Waals surface area contributed by atoms with E-state index in [1.807, 2.05) is 19.1 Å². The van der Waals surface area contributed by atoms with Gasteiger partial charge in [-0.2, -0.15) is 0 Å². The average Bonchev–Trinajstić information content (AvgIpc) is 3.17. The number of hydrogen-bond acceptors (Lipinski definition) is 5. The molecular weight excluding hydrogens is 463 g/mol. The zero-order chi connectivity index (χ0) is 23.1. The highest BCUT2D eigenvalue weighted by atomic mass is 35.5. The summed E-state index contributed by atoms with van der Waals surface area (Å²) in [5.74, 6) is -0.0998. The van der Waals surface area contributed by atoms with Gasteiger partial charge in [-0.25, -0.2) is 0 Å². The van der Waals surface area contributed by atoms with Gasteiger partial charge in [0.15, 0.2) is 0 Å². The number of fused-ring (bicyclic) bond motifs is 1. The summed E-state index contributed by atoms with van der Waals surface area (Å²) in [4.78, 5) is 18.8. The smallest absolute Gasteiger partial charge is 0.261 e. The van der Waals surface area contributed by atoms with Crippen LogP contribution in [0.25, 0.3) is 10.1 Å². The van der Waals surface area contributed by atoms with Crippen molar-refractivity contribution in [2.24, 2.45) is 0 Å². The molecule has 1 saturated heterocycles. The fourth-order valence-electron chi connectivity index (χ4n) is 3.52. The molecule has 1 fully saturated rings. The van der Waals surface area contributed by atoms with Crippen LogP contribution in [-0.2, 0) is 4.79 Å². The van der Waals surface area contributed by atoms with E-state index in [0.29, 0.717) is 15.7 Å². The number of allylic oxidation sites excluding steroid dienone is 1. The average molecular weight is 491 g/mol. The van der Waals surface area contributed by atoms with E-state index in [1.165, 1.54) is 4.70 Å². The van der Waals surface area contributed by atoms with E-state index in [1.54, 1.807) is 35.6 Å². The molecule has 2 heterocycles. The van der Waals surface area contributed by atoms with Gasteiger partial charge in [-0.15, -0.1) is 17.9 Å². The van der Waals surface area contributed by atoms with Crippen LogP contribution in [0, 0.1) is 0 Å². The number of anilines is 1. The first kappa shape index (κ1) is 24.6. The lowest BCUT2D eigenvalue weighted by atomic mass is 10.1. The lowest BCUT2D eigenvalue weighted by Crippen LogP contribution is -2.50. The highest BCUT2D eigenvalue weighted by molar-refractivity contribution is 7.19. The van der Waals surface area contributed by atoms with Crippen LogP contribution in [0.4, 0.5) is 5.69 Å². The van der Waals surface area contributed by atoms with Gasteiger partial charge in [0.1, 0.15) is 6.04 Å². The minimum absolute atomic E-state index is 0.0998. The molecule has 3 aromatic rings. The van der Waals surface area contributed by atoms with Gasteiger partial charge in [0, 0.05) is 45.8 Å². The van der Waals surface area contributed by atoms with Gasteiger partial charge in [-0.3, -0.25) is 20.5 Å². The molecule has 32 heavy (non-hydrogen) atoms. The number of carbonyl (C=O) groups is 1. The van der Waals surface area contributed by atoms with Crippen LogP contribution in [0.5, 0.6) is 0 Å². The molecule has 0 saturated carbocycles. The SMILES string of the molecule is C=CC.CN1CCN(C(C(=O)NNc2cc(Cl)cc(Cl)c2)c2cc3ccccc3s2)CC1. The van der Waals surface area contributed by atoms with E-state index in [0.717, 1.165) is 36.4 Å². The Bertz CT molecular complexity index is 1010. The van der Waals surface area contributed by atoms with Gasteiger partial charge in [0.2, 0.25) is 0 Å². The predicted octanol–water partition coefficient (Wildman–Crippen LogP) is 5.83. The standard InChI is InChI=1S/C21H22Cl2N4OS.C3H6/c1-26-6-8-27(9-7-26)20(19-10-14-4-2-3-5-18(14)29-19)21(28)25-24-17-12-15(22)11-16(23)13-17;1-3-2/h2-5,10-13,20,24H,6-9H2,1H3,(H,25,28);3H,1H2,2H3. The molecule has 1 aliphatic heterocycles. The topological polar surface area (TPSA) is 47.6 Å². The van der Waals surface area contributed by atoms with Crippen molar-refractivity contribution in [2.45, 2.75) is 13.0 Å². The van der Waals surface area contributed by atoms with Crippen molar-refractivity contribution in [3.63, 3.8) is 0 Å². The van der Waals surface area contributed by atoms with Crippen molar-refractivity contribution in [1.82, 2.24) is 15.2 Å². The lowest BCUT2D eigenvalue weighted by molar-refractivity contribution is -0.126. The second-order valence-electron chi connectivity index (χ2n) is 7.61. The number of hydrazine groups is 1. The van der Waals surface area contributed by atoms with Crippen LogP contribution in [0.1, 0.15) is 17.8 Å². The molecule has 0 spiro atoms. The van der Waals surface area contributed by atoms with Crippen molar-refractivity contribution in [2.75, 3.05) is 38.7 Å². The number of nitrogens with one attached hydrogen (secondary N) is 2. The number of likely N-dealkylation sites (N-methyl/N-ethyl adjacent to an activating group) is 1. The third-order valence-corrected chi connectivity index (χ3v) is 6.66. The van der Waals surface area contributed by atoms with Crippen LogP contribution >= 0.6 is 34.5 Å². The Labute approximate surface area is 203 Å². The van der Waals surface area contributed by atoms with Crippen LogP contribution in [-0.4, -0.2) is 48.9 Å². The second kappa shape index (κ2) is 11.7. The van der Waals surface area contributed by atoms with E-state index < -0.39 is 0 Å². The maximum absolute atomic E-state index is 13.3. The molecule has 0 bridgehead atoms. The minimum Gasteiger partial charge on any atom is -0.304 e. The van der Waals surface area contributed by atoms with E-state index in [2.05, 4.69) is 52.5 Å². The van der Waals surface area contributed by atoms with Crippen molar-refractivity contribution < 1.29 is 4.79 Å². The Balaban J connectivity index is 0.000000913. The Morgan fingerprint density at radius 2 is 1.72 bits per heavy atom. The molecule has 5 nitrogen and oxygen atoms in total. The summed E-state index contributed by atoms with van der Waals surface area (Å²) in [6, 6.07) is 15.1. The highest BCUT2D eigenvalue weighted by Gasteiger charge is 2.31. The summed E-state index contributed by atoms with van der Waals surface area (Å²) in [5, 5.41) is 2.18. The number of benzene rings is 2. The predicted molar refractivity (Wildman–Crippen MR) is 138 cm³/mol. The van der Waals surface area contributed by atoms with Crippen LogP contribution in [0.3, 0.4) is 0 Å². The molecule has 1 amide bonds. The van der Waals surface area contributed by atoms with E-state index >= 15 is 0 Å². The highest BCUT2D eigenvalue weighted by Crippen LogP contribution is 2.33. The normalized spacial score (nSPS) is 15.5. The van der Waals surface area contributed by atoms with Crippen molar-refractivity contribution >= 4 is 56.2 Å². The number of nitrogens with zero attached hydrogens (tertiary/aromatic N) is 2. The largest absolute Gasteiger partial charge is 0.304 e. The van der Waals surface area contributed by atoms with Gasteiger partial charge < -0.3 is 4.90 Å². The van der Waals surface area contributed by atoms with Gasteiger partial charge in [-0.05, 0) is 49.7 Å². The van der Waals surface area contributed by atoms with Crippen LogP contribution in [0.15, 0.2) is 61.2 Å². The van der Waals surface area contributed by atoms with E-state index in [9.17, 15) is 4.79 Å². The molecule has 1 aromatic heterocycles. The number of halogens is 2. The summed E-state index contributed by atoms with van der Waals surface area (Å²) < 4.78 is 1.18.